The van der Waals surface area contributed by atoms with Gasteiger partial charge < -0.3 is 16.4 Å². The second-order valence-corrected chi connectivity index (χ2v) is 19.1. The van der Waals surface area contributed by atoms with E-state index in [9.17, 15) is 0 Å². The number of halogens is 4. The van der Waals surface area contributed by atoms with Crippen LogP contribution in [0.5, 0.6) is 0 Å². The molecule has 7 heteroatoms. The predicted octanol–water partition coefficient (Wildman–Crippen LogP) is 17.8. The fourth-order valence-electron chi connectivity index (χ4n) is 12.1. The van der Waals surface area contributed by atoms with Crippen molar-refractivity contribution in [1.82, 2.24) is 0 Å². The van der Waals surface area contributed by atoms with E-state index in [0.717, 1.165) is 189 Å². The Hall–Kier alpha value is -5.92. The number of unbranched alkanes of at least 4 members (excludes halogenated alkanes) is 8. The van der Waals surface area contributed by atoms with Crippen molar-refractivity contribution in [2.24, 2.45) is 5.73 Å². The van der Waals surface area contributed by atoms with Crippen LogP contribution in [0, 0.1) is 30.2 Å². The van der Waals surface area contributed by atoms with Gasteiger partial charge in [-0.15, -0.1) is 0 Å². The quantitative estimate of drug-likeness (QED) is 0.0281. The van der Waals surface area contributed by atoms with E-state index in [0.29, 0.717) is 21.5 Å². The summed E-state index contributed by atoms with van der Waals surface area (Å²) in [6, 6.07) is 23.1. The Morgan fingerprint density at radius 1 is 0.424 bits per heavy atom. The number of rotatable bonds is 17. The molecule has 0 heterocycles. The Balaban J connectivity index is 1.17. The molecule has 336 valence electrons. The Morgan fingerprint density at radius 3 is 1.27 bits per heavy atom. The lowest BCUT2D eigenvalue weighted by atomic mass is 9.84. The summed E-state index contributed by atoms with van der Waals surface area (Å²) in [6.07, 6.45) is 12.5. The molecule has 1 unspecified atom stereocenters. The lowest BCUT2D eigenvalue weighted by Gasteiger charge is -2.22. The highest BCUT2D eigenvalue weighted by atomic mass is 19.2. The molecule has 0 spiro atoms. The SMILES string of the molecule is CCCCCCNc1c2c(c(NCCCCCC)c3cc(F)c(F)cc13)-c1ccc3c4ccc5c6c(ccc(c7ccc-2c1c73)c64)-c1c-5c(C(N)CCCCC)c2cc(F)c(F)cc2c1C. The number of anilines is 2. The molecule has 0 bridgehead atoms. The molecule has 0 radical (unpaired) electrons. The van der Waals surface area contributed by atoms with E-state index in [4.69, 9.17) is 5.73 Å². The van der Waals surface area contributed by atoms with Gasteiger partial charge in [0.05, 0.1) is 11.4 Å². The Bertz CT molecular complexity index is 3320. The van der Waals surface area contributed by atoms with Crippen LogP contribution in [0.15, 0.2) is 72.8 Å². The number of hydrogen-bond acceptors (Lipinski definition) is 3. The second-order valence-electron chi connectivity index (χ2n) is 19.1. The summed E-state index contributed by atoms with van der Waals surface area (Å²) >= 11 is 0. The minimum Gasteiger partial charge on any atom is -0.384 e. The zero-order valence-electron chi connectivity index (χ0n) is 38.5. The molecule has 0 amide bonds. The Kier molecular flexibility index (Phi) is 10.8. The molecule has 66 heavy (non-hydrogen) atoms. The van der Waals surface area contributed by atoms with Crippen LogP contribution in [0.1, 0.15) is 115 Å². The first kappa shape index (κ1) is 42.7. The molecular formula is C59H57F4N3. The average molecular weight is 884 g/mol. The lowest BCUT2D eigenvalue weighted by Crippen LogP contribution is -2.13. The van der Waals surface area contributed by atoms with Gasteiger partial charge in [0.2, 0.25) is 0 Å². The largest absolute Gasteiger partial charge is 0.384 e. The summed E-state index contributed by atoms with van der Waals surface area (Å²) in [5.74, 6) is -3.43. The monoisotopic (exact) mass is 883 g/mol. The maximum Gasteiger partial charge on any atom is 0.159 e. The van der Waals surface area contributed by atoms with Crippen LogP contribution in [0.4, 0.5) is 28.9 Å². The van der Waals surface area contributed by atoms with E-state index in [1.54, 1.807) is 0 Å². The van der Waals surface area contributed by atoms with Crippen molar-refractivity contribution in [1.29, 1.82) is 0 Å². The van der Waals surface area contributed by atoms with E-state index in [1.807, 2.05) is 6.92 Å². The van der Waals surface area contributed by atoms with Gasteiger partial charge >= 0.3 is 0 Å². The molecule has 2 aliphatic rings. The standard InChI is InChI=1S/C59H57F4N3/c1-5-8-11-14-25-65-58-42-29-46(62)47(63)30-43(42)59(66-26-15-12-9-6-2)57-39-24-20-35-33-18-22-37-52-36(21-17-32(50(33)52)34-19-23-38(56(57)58)53(39)51(34)35)49-31(4)40-27-44(60)45(61)28-41(40)54(55(37)49)48(64)16-13-10-7-3/h17-24,27-30,48,65-66H,5-16,25-26,64H2,1-4H3. The zero-order valence-corrected chi connectivity index (χ0v) is 38.5. The molecule has 2 aliphatic carbocycles. The lowest BCUT2D eigenvalue weighted by molar-refractivity contribution is 0.510. The fraction of sp³-hybridized carbons (Fsp3) is 0.322. The van der Waals surface area contributed by atoms with Gasteiger partial charge in [0, 0.05) is 41.0 Å². The van der Waals surface area contributed by atoms with Crippen molar-refractivity contribution in [3.63, 3.8) is 0 Å². The number of fused-ring (bicyclic) bond motifs is 10. The van der Waals surface area contributed by atoms with Crippen LogP contribution in [0.25, 0.3) is 109 Å². The number of benzene rings is 9. The summed E-state index contributed by atoms with van der Waals surface area (Å²) < 4.78 is 61.2. The topological polar surface area (TPSA) is 50.1 Å². The van der Waals surface area contributed by atoms with Crippen molar-refractivity contribution in [3.05, 3.63) is 107 Å². The first-order chi connectivity index (χ1) is 32.2. The van der Waals surface area contributed by atoms with E-state index in [1.165, 1.54) is 35.0 Å². The molecule has 0 saturated carbocycles. The highest BCUT2D eigenvalue weighted by Crippen LogP contribution is 2.61. The van der Waals surface area contributed by atoms with Crippen molar-refractivity contribution < 1.29 is 17.6 Å². The van der Waals surface area contributed by atoms with E-state index in [-0.39, 0.29) is 6.04 Å². The molecule has 0 saturated heterocycles. The van der Waals surface area contributed by atoms with Crippen LogP contribution < -0.4 is 16.4 Å². The van der Waals surface area contributed by atoms with Crippen LogP contribution >= 0.6 is 0 Å². The van der Waals surface area contributed by atoms with Crippen molar-refractivity contribution in [2.45, 2.75) is 111 Å². The normalized spacial score (nSPS) is 13.1. The van der Waals surface area contributed by atoms with Crippen LogP contribution in [-0.2, 0) is 0 Å². The average Bonchev–Trinajstić information content (AvgIpc) is 3.83. The van der Waals surface area contributed by atoms with E-state index in [2.05, 4.69) is 79.9 Å². The van der Waals surface area contributed by atoms with Gasteiger partial charge in [-0.2, -0.15) is 0 Å². The first-order valence-corrected chi connectivity index (χ1v) is 24.6. The van der Waals surface area contributed by atoms with Crippen molar-refractivity contribution in [3.8, 4) is 44.5 Å². The smallest absolute Gasteiger partial charge is 0.159 e. The number of nitrogens with two attached hydrogens (primary N) is 1. The Labute approximate surface area is 384 Å². The fourth-order valence-corrected chi connectivity index (χ4v) is 12.1. The zero-order chi connectivity index (χ0) is 45.5. The van der Waals surface area contributed by atoms with E-state index >= 15 is 17.6 Å². The summed E-state index contributed by atoms with van der Waals surface area (Å²) in [5.41, 5.74) is 19.2. The van der Waals surface area contributed by atoms with Gasteiger partial charge in [-0.1, -0.05) is 127 Å². The molecule has 9 aromatic carbocycles. The van der Waals surface area contributed by atoms with Crippen LogP contribution in [0.3, 0.4) is 0 Å². The number of nitrogens with one attached hydrogen (secondary N) is 2. The molecule has 0 aromatic heterocycles. The summed E-state index contributed by atoms with van der Waals surface area (Å²) in [7, 11) is 0. The van der Waals surface area contributed by atoms with Gasteiger partial charge in [0.25, 0.3) is 0 Å². The number of aryl methyl sites for hydroxylation is 1. The minimum absolute atomic E-state index is 0.361. The maximum absolute atomic E-state index is 15.4. The molecule has 4 N–H and O–H groups in total. The van der Waals surface area contributed by atoms with Crippen LogP contribution in [-0.4, -0.2) is 13.1 Å². The van der Waals surface area contributed by atoms with Gasteiger partial charge in [0.1, 0.15) is 0 Å². The van der Waals surface area contributed by atoms with Crippen molar-refractivity contribution in [2.75, 3.05) is 23.7 Å². The summed E-state index contributed by atoms with van der Waals surface area (Å²) in [6.45, 7) is 10.1. The third-order valence-corrected chi connectivity index (χ3v) is 15.1. The van der Waals surface area contributed by atoms with Gasteiger partial charge in [0.15, 0.2) is 23.3 Å². The molecule has 0 fully saturated rings. The van der Waals surface area contributed by atoms with Crippen LogP contribution in [0.2, 0.25) is 0 Å². The van der Waals surface area contributed by atoms with Crippen molar-refractivity contribution >= 4 is 76.0 Å². The van der Waals surface area contributed by atoms with Gasteiger partial charge in [-0.25, -0.2) is 17.6 Å². The third kappa shape index (κ3) is 6.32. The highest BCUT2D eigenvalue weighted by molar-refractivity contribution is 6.41. The molecule has 9 aromatic rings. The molecular weight excluding hydrogens is 827 g/mol. The van der Waals surface area contributed by atoms with Gasteiger partial charge in [-0.3, -0.25) is 0 Å². The number of hydrogen-bond donors (Lipinski definition) is 3. The maximum atomic E-state index is 15.4. The predicted molar refractivity (Wildman–Crippen MR) is 272 cm³/mol. The summed E-state index contributed by atoms with van der Waals surface area (Å²) in [5, 5.41) is 19.5. The molecule has 3 nitrogen and oxygen atoms in total. The molecule has 11 rings (SSSR count). The van der Waals surface area contributed by atoms with E-state index < -0.39 is 23.3 Å². The van der Waals surface area contributed by atoms with Gasteiger partial charge in [-0.05, 0) is 149 Å². The first-order valence-electron chi connectivity index (χ1n) is 24.6. The molecule has 0 aliphatic heterocycles. The minimum atomic E-state index is -0.864. The second kappa shape index (κ2) is 16.7. The molecule has 1 atom stereocenters. The third-order valence-electron chi connectivity index (χ3n) is 15.1. The summed E-state index contributed by atoms with van der Waals surface area (Å²) in [4.78, 5) is 0. The Morgan fingerprint density at radius 2 is 0.818 bits per heavy atom. The highest BCUT2D eigenvalue weighted by Gasteiger charge is 2.35.